The van der Waals surface area contributed by atoms with Crippen LogP contribution < -0.4 is 0 Å². The van der Waals surface area contributed by atoms with Crippen molar-refractivity contribution < 1.29 is 9.52 Å². The Balaban J connectivity index is 1.72. The molecule has 1 aromatic carbocycles. The van der Waals surface area contributed by atoms with E-state index in [1.807, 2.05) is 30.3 Å². The quantitative estimate of drug-likeness (QED) is 0.929. The van der Waals surface area contributed by atoms with Gasteiger partial charge in [0.25, 0.3) is 0 Å². The molecule has 0 saturated carbocycles. The van der Waals surface area contributed by atoms with Gasteiger partial charge >= 0.3 is 0 Å². The lowest BCUT2D eigenvalue weighted by Gasteiger charge is -2.23. The second-order valence-electron chi connectivity index (χ2n) is 5.47. The van der Waals surface area contributed by atoms with E-state index in [0.29, 0.717) is 12.5 Å². The van der Waals surface area contributed by atoms with Crippen LogP contribution in [0.25, 0.3) is 11.3 Å². The Morgan fingerprint density at radius 3 is 2.90 bits per heavy atom. The average molecular weight is 272 g/mol. The molecular formula is C16H20N2O2. The van der Waals surface area contributed by atoms with Gasteiger partial charge in [-0.1, -0.05) is 37.3 Å². The predicted octanol–water partition coefficient (Wildman–Crippen LogP) is 2.54. The fraction of sp³-hybridized carbons (Fsp3) is 0.438. The number of likely N-dealkylation sites (tertiary alicyclic amines) is 1. The first-order valence-corrected chi connectivity index (χ1v) is 7.13. The highest BCUT2D eigenvalue weighted by molar-refractivity contribution is 5.55. The van der Waals surface area contributed by atoms with Crippen molar-refractivity contribution in [2.45, 2.75) is 25.9 Å². The summed E-state index contributed by atoms with van der Waals surface area (Å²) in [5, 5.41) is 9.48. The van der Waals surface area contributed by atoms with Gasteiger partial charge in [0.1, 0.15) is 0 Å². The van der Waals surface area contributed by atoms with Crippen LogP contribution in [0.15, 0.2) is 40.9 Å². The number of nitrogens with zero attached hydrogens (tertiary/aromatic N) is 2. The van der Waals surface area contributed by atoms with Crippen LogP contribution >= 0.6 is 0 Å². The summed E-state index contributed by atoms with van der Waals surface area (Å²) in [5.41, 5.74) is 1.04. The molecule has 0 bridgehead atoms. The van der Waals surface area contributed by atoms with Crippen molar-refractivity contribution in [3.8, 4) is 11.3 Å². The topological polar surface area (TPSA) is 49.5 Å². The number of oxazole rings is 1. The second-order valence-corrected chi connectivity index (χ2v) is 5.47. The summed E-state index contributed by atoms with van der Waals surface area (Å²) in [6.07, 6.45) is 2.90. The third-order valence-electron chi connectivity index (χ3n) is 4.13. The van der Waals surface area contributed by atoms with E-state index in [9.17, 15) is 5.11 Å². The first-order valence-electron chi connectivity index (χ1n) is 7.13. The number of hydrogen-bond acceptors (Lipinski definition) is 4. The van der Waals surface area contributed by atoms with Crippen molar-refractivity contribution >= 4 is 0 Å². The molecule has 1 fully saturated rings. The highest BCUT2D eigenvalue weighted by Crippen LogP contribution is 2.26. The van der Waals surface area contributed by atoms with Gasteiger partial charge in [-0.15, -0.1) is 0 Å². The molecule has 20 heavy (non-hydrogen) atoms. The maximum Gasteiger partial charge on any atom is 0.209 e. The van der Waals surface area contributed by atoms with Crippen LogP contribution in [0.2, 0.25) is 0 Å². The molecule has 0 spiro atoms. The molecule has 4 nitrogen and oxygen atoms in total. The van der Waals surface area contributed by atoms with E-state index in [-0.39, 0.29) is 12.6 Å². The molecule has 2 unspecified atom stereocenters. The van der Waals surface area contributed by atoms with E-state index in [4.69, 9.17) is 4.42 Å². The minimum atomic E-state index is 0.202. The Kier molecular flexibility index (Phi) is 3.85. The largest absolute Gasteiger partial charge is 0.439 e. The average Bonchev–Trinajstić information content (AvgIpc) is 3.08. The number of benzene rings is 1. The Morgan fingerprint density at radius 2 is 2.15 bits per heavy atom. The molecule has 2 atom stereocenters. The molecule has 0 amide bonds. The minimum Gasteiger partial charge on any atom is -0.439 e. The van der Waals surface area contributed by atoms with Gasteiger partial charge in [-0.3, -0.25) is 4.90 Å². The van der Waals surface area contributed by atoms with Crippen molar-refractivity contribution in [3.05, 3.63) is 42.4 Å². The maximum atomic E-state index is 9.48. The van der Waals surface area contributed by atoms with Crippen LogP contribution in [0.4, 0.5) is 0 Å². The fourth-order valence-electron chi connectivity index (χ4n) is 2.87. The smallest absolute Gasteiger partial charge is 0.209 e. The van der Waals surface area contributed by atoms with Gasteiger partial charge in [-0.05, 0) is 18.9 Å². The minimum absolute atomic E-state index is 0.202. The number of aliphatic hydroxyl groups excluding tert-OH is 1. The van der Waals surface area contributed by atoms with Crippen molar-refractivity contribution in [3.63, 3.8) is 0 Å². The highest BCUT2D eigenvalue weighted by atomic mass is 16.4. The van der Waals surface area contributed by atoms with E-state index in [0.717, 1.165) is 30.2 Å². The third-order valence-corrected chi connectivity index (χ3v) is 4.13. The molecular weight excluding hydrogens is 252 g/mol. The first-order chi connectivity index (χ1) is 9.78. The lowest BCUT2D eigenvalue weighted by molar-refractivity contribution is 0.126. The van der Waals surface area contributed by atoms with E-state index in [2.05, 4.69) is 16.8 Å². The zero-order valence-corrected chi connectivity index (χ0v) is 11.7. The lowest BCUT2D eigenvalue weighted by Crippen LogP contribution is -2.34. The Morgan fingerprint density at radius 1 is 1.35 bits per heavy atom. The fourth-order valence-corrected chi connectivity index (χ4v) is 2.87. The van der Waals surface area contributed by atoms with Crippen LogP contribution in [0.3, 0.4) is 0 Å². The normalized spacial score (nSPS) is 23.3. The van der Waals surface area contributed by atoms with Crippen LogP contribution in [-0.2, 0) is 6.54 Å². The third kappa shape index (κ3) is 2.62. The van der Waals surface area contributed by atoms with E-state index in [1.54, 1.807) is 6.20 Å². The monoisotopic (exact) mass is 272 g/mol. The van der Waals surface area contributed by atoms with Gasteiger partial charge in [0.05, 0.1) is 19.3 Å². The van der Waals surface area contributed by atoms with Crippen molar-refractivity contribution in [2.75, 3.05) is 13.2 Å². The molecule has 0 aliphatic carbocycles. The summed E-state index contributed by atoms with van der Waals surface area (Å²) in [6.45, 7) is 4.05. The molecule has 1 saturated heterocycles. The van der Waals surface area contributed by atoms with Crippen LogP contribution in [0.1, 0.15) is 19.2 Å². The molecule has 3 rings (SSSR count). The van der Waals surface area contributed by atoms with Crippen LogP contribution in [0.5, 0.6) is 0 Å². The van der Waals surface area contributed by atoms with E-state index < -0.39 is 0 Å². The molecule has 106 valence electrons. The van der Waals surface area contributed by atoms with Crippen LogP contribution in [0, 0.1) is 5.92 Å². The summed E-state index contributed by atoms with van der Waals surface area (Å²) in [6, 6.07) is 10.2. The lowest BCUT2D eigenvalue weighted by atomic mass is 10.0. The summed E-state index contributed by atoms with van der Waals surface area (Å²) in [7, 11) is 0. The standard InChI is InChI=1S/C16H20N2O2/c1-12-7-8-18(14(12)11-19)10-16-17-9-15(20-16)13-5-3-2-4-6-13/h2-6,9,12,14,19H,7-8,10-11H2,1H3. The number of aliphatic hydroxyl groups is 1. The second kappa shape index (κ2) is 5.77. The molecule has 2 aromatic rings. The molecule has 0 radical (unpaired) electrons. The molecule has 2 heterocycles. The van der Waals surface area contributed by atoms with Gasteiger partial charge in [-0.2, -0.15) is 0 Å². The van der Waals surface area contributed by atoms with Gasteiger partial charge in [-0.25, -0.2) is 4.98 Å². The number of rotatable bonds is 4. The summed E-state index contributed by atoms with van der Waals surface area (Å²) in [5.74, 6) is 2.05. The van der Waals surface area contributed by atoms with E-state index in [1.165, 1.54) is 0 Å². The van der Waals surface area contributed by atoms with Crippen molar-refractivity contribution in [2.24, 2.45) is 5.92 Å². The SMILES string of the molecule is CC1CCN(Cc2ncc(-c3ccccc3)o2)C1CO. The zero-order valence-electron chi connectivity index (χ0n) is 11.7. The number of aromatic nitrogens is 1. The van der Waals surface area contributed by atoms with Crippen molar-refractivity contribution in [1.29, 1.82) is 0 Å². The molecule has 1 aromatic heterocycles. The Bertz CT molecular complexity index is 553. The highest BCUT2D eigenvalue weighted by Gasteiger charge is 2.31. The van der Waals surface area contributed by atoms with Crippen molar-refractivity contribution in [1.82, 2.24) is 9.88 Å². The van der Waals surface area contributed by atoms with Gasteiger partial charge in [0, 0.05) is 11.6 Å². The first kappa shape index (κ1) is 13.3. The molecule has 1 N–H and O–H groups in total. The number of hydrogen-bond donors (Lipinski definition) is 1. The molecule has 4 heteroatoms. The van der Waals surface area contributed by atoms with Gasteiger partial charge in [0.2, 0.25) is 5.89 Å². The summed E-state index contributed by atoms with van der Waals surface area (Å²) in [4.78, 5) is 6.62. The molecule has 1 aliphatic heterocycles. The molecule has 1 aliphatic rings. The zero-order chi connectivity index (χ0) is 13.9. The predicted molar refractivity (Wildman–Crippen MR) is 77.0 cm³/mol. The van der Waals surface area contributed by atoms with Gasteiger partial charge in [0.15, 0.2) is 5.76 Å². The summed E-state index contributed by atoms with van der Waals surface area (Å²) < 4.78 is 5.83. The maximum absolute atomic E-state index is 9.48. The van der Waals surface area contributed by atoms with Crippen LogP contribution in [-0.4, -0.2) is 34.2 Å². The van der Waals surface area contributed by atoms with Gasteiger partial charge < -0.3 is 9.52 Å². The Labute approximate surface area is 119 Å². The Hall–Kier alpha value is -1.65. The summed E-state index contributed by atoms with van der Waals surface area (Å²) >= 11 is 0. The van der Waals surface area contributed by atoms with E-state index >= 15 is 0 Å².